The van der Waals surface area contributed by atoms with Crippen molar-refractivity contribution in [3.63, 3.8) is 0 Å². The molecular weight excluding hydrogens is 404 g/mol. The normalized spacial score (nSPS) is 17.5. The maximum atomic E-state index is 13.3. The smallest absolute Gasteiger partial charge is 0.278 e. The first-order valence-electron chi connectivity index (χ1n) is 11.0. The van der Waals surface area contributed by atoms with Gasteiger partial charge in [0.15, 0.2) is 0 Å². The van der Waals surface area contributed by atoms with Gasteiger partial charge in [0.25, 0.3) is 11.8 Å². The summed E-state index contributed by atoms with van der Waals surface area (Å²) < 4.78 is 5.47. The number of hydrogen-bond donors (Lipinski definition) is 1. The number of nitrogens with one attached hydrogen (secondary N) is 1. The molecule has 1 N–H and O–H groups in total. The third kappa shape index (κ3) is 4.08. The number of anilines is 2. The zero-order valence-corrected chi connectivity index (χ0v) is 19.1. The standard InChI is InChI=1S/C25H30N4O3/c1-17(2)29-24(30)22(20-7-5-6-8-21(20)32-4)23(25(29)31)26-18-9-11-19(12-10-18)28-15-13-27(3)14-16-28/h5-12,17,26H,13-16H2,1-4H3. The van der Waals surface area contributed by atoms with Crippen molar-refractivity contribution in [2.24, 2.45) is 0 Å². The molecule has 0 spiro atoms. The summed E-state index contributed by atoms with van der Waals surface area (Å²) in [7, 11) is 3.70. The molecule has 0 aliphatic carbocycles. The summed E-state index contributed by atoms with van der Waals surface area (Å²) in [6.45, 7) is 7.73. The van der Waals surface area contributed by atoms with Crippen molar-refractivity contribution < 1.29 is 14.3 Å². The van der Waals surface area contributed by atoms with Gasteiger partial charge in [0.1, 0.15) is 11.4 Å². The molecule has 2 aliphatic rings. The Hall–Kier alpha value is -3.32. The van der Waals surface area contributed by atoms with Crippen LogP contribution in [0.4, 0.5) is 11.4 Å². The van der Waals surface area contributed by atoms with Crippen LogP contribution in [0.1, 0.15) is 19.4 Å². The summed E-state index contributed by atoms with van der Waals surface area (Å²) in [5, 5.41) is 3.23. The van der Waals surface area contributed by atoms with Crippen LogP contribution in [0.5, 0.6) is 5.75 Å². The number of carbonyl (C=O) groups is 2. The minimum Gasteiger partial charge on any atom is -0.496 e. The third-order valence-corrected chi connectivity index (χ3v) is 6.01. The summed E-state index contributed by atoms with van der Waals surface area (Å²) in [6, 6.07) is 15.0. The van der Waals surface area contributed by atoms with Gasteiger partial charge >= 0.3 is 0 Å². The highest BCUT2D eigenvalue weighted by Gasteiger charge is 2.41. The van der Waals surface area contributed by atoms with Gasteiger partial charge < -0.3 is 19.9 Å². The van der Waals surface area contributed by atoms with E-state index in [9.17, 15) is 9.59 Å². The van der Waals surface area contributed by atoms with Crippen LogP contribution in [0.2, 0.25) is 0 Å². The van der Waals surface area contributed by atoms with Gasteiger partial charge in [-0.1, -0.05) is 18.2 Å². The molecule has 0 aromatic heterocycles. The van der Waals surface area contributed by atoms with Crippen LogP contribution in [-0.4, -0.2) is 68.0 Å². The van der Waals surface area contributed by atoms with E-state index in [1.807, 2.05) is 38.1 Å². The largest absolute Gasteiger partial charge is 0.496 e. The summed E-state index contributed by atoms with van der Waals surface area (Å²) >= 11 is 0. The summed E-state index contributed by atoms with van der Waals surface area (Å²) in [4.78, 5) is 32.4. The first kappa shape index (κ1) is 21.9. The average Bonchev–Trinajstić information content (AvgIpc) is 3.04. The molecule has 7 nitrogen and oxygen atoms in total. The number of methoxy groups -OCH3 is 1. The van der Waals surface area contributed by atoms with Crippen molar-refractivity contribution in [3.8, 4) is 5.75 Å². The maximum absolute atomic E-state index is 13.3. The number of likely N-dealkylation sites (N-methyl/N-ethyl adjacent to an activating group) is 1. The number of para-hydroxylation sites is 1. The van der Waals surface area contributed by atoms with Crippen LogP contribution in [0.25, 0.3) is 5.57 Å². The first-order valence-corrected chi connectivity index (χ1v) is 11.0. The molecule has 4 rings (SSSR count). The van der Waals surface area contributed by atoms with Gasteiger partial charge in [-0.25, -0.2) is 0 Å². The van der Waals surface area contributed by atoms with Gasteiger partial charge in [-0.3, -0.25) is 14.5 Å². The van der Waals surface area contributed by atoms with E-state index in [1.165, 1.54) is 4.90 Å². The van der Waals surface area contributed by atoms with Crippen molar-refractivity contribution in [1.82, 2.24) is 9.80 Å². The fraction of sp³-hybridized carbons (Fsp3) is 0.360. The molecule has 0 unspecified atom stereocenters. The average molecular weight is 435 g/mol. The molecule has 2 heterocycles. The van der Waals surface area contributed by atoms with Crippen molar-refractivity contribution in [3.05, 3.63) is 59.8 Å². The van der Waals surface area contributed by atoms with Gasteiger partial charge in [-0.05, 0) is 51.2 Å². The van der Waals surface area contributed by atoms with Crippen LogP contribution in [0, 0.1) is 0 Å². The number of carbonyl (C=O) groups excluding carboxylic acids is 2. The molecule has 0 saturated carbocycles. The molecular formula is C25H30N4O3. The number of piperazine rings is 1. The lowest BCUT2D eigenvalue weighted by molar-refractivity contribution is -0.138. The Kier molecular flexibility index (Phi) is 6.19. The van der Waals surface area contributed by atoms with Crippen molar-refractivity contribution in [2.45, 2.75) is 19.9 Å². The van der Waals surface area contributed by atoms with Gasteiger partial charge in [0.05, 0.1) is 12.7 Å². The topological polar surface area (TPSA) is 65.1 Å². The molecule has 7 heteroatoms. The Balaban J connectivity index is 1.66. The Morgan fingerprint density at radius 1 is 0.906 bits per heavy atom. The van der Waals surface area contributed by atoms with Crippen LogP contribution in [0.15, 0.2) is 54.2 Å². The van der Waals surface area contributed by atoms with Gasteiger partial charge in [0, 0.05) is 49.2 Å². The van der Waals surface area contributed by atoms with Crippen molar-refractivity contribution >= 4 is 28.8 Å². The molecule has 32 heavy (non-hydrogen) atoms. The van der Waals surface area contributed by atoms with Crippen LogP contribution in [0.3, 0.4) is 0 Å². The highest BCUT2D eigenvalue weighted by atomic mass is 16.5. The fourth-order valence-corrected chi connectivity index (χ4v) is 4.20. The van der Waals surface area contributed by atoms with E-state index in [-0.39, 0.29) is 23.6 Å². The molecule has 2 amide bonds. The molecule has 0 bridgehead atoms. The second kappa shape index (κ2) is 9.04. The SMILES string of the molecule is COc1ccccc1C1=C(Nc2ccc(N3CCN(C)CC3)cc2)C(=O)N(C(C)C)C1=O. The number of rotatable bonds is 6. The molecule has 1 fully saturated rings. The monoisotopic (exact) mass is 434 g/mol. The van der Waals surface area contributed by atoms with E-state index in [0.717, 1.165) is 37.6 Å². The number of imide groups is 1. The fourth-order valence-electron chi connectivity index (χ4n) is 4.20. The van der Waals surface area contributed by atoms with E-state index in [2.05, 4.69) is 34.3 Å². The molecule has 2 aliphatic heterocycles. The minimum atomic E-state index is -0.325. The Morgan fingerprint density at radius 3 is 2.19 bits per heavy atom. The van der Waals surface area contributed by atoms with E-state index in [4.69, 9.17) is 4.74 Å². The Morgan fingerprint density at radius 2 is 1.56 bits per heavy atom. The second-order valence-electron chi connectivity index (χ2n) is 8.49. The van der Waals surface area contributed by atoms with Gasteiger partial charge in [0.2, 0.25) is 0 Å². The number of ether oxygens (including phenoxy) is 1. The van der Waals surface area contributed by atoms with Crippen LogP contribution in [-0.2, 0) is 9.59 Å². The van der Waals surface area contributed by atoms with E-state index in [0.29, 0.717) is 16.9 Å². The van der Waals surface area contributed by atoms with Crippen molar-refractivity contribution in [2.75, 3.05) is 50.6 Å². The predicted octanol–water partition coefficient (Wildman–Crippen LogP) is 3.05. The van der Waals surface area contributed by atoms with E-state index < -0.39 is 0 Å². The lowest BCUT2D eigenvalue weighted by atomic mass is 10.0. The lowest BCUT2D eigenvalue weighted by Gasteiger charge is -2.34. The molecule has 0 atom stereocenters. The third-order valence-electron chi connectivity index (χ3n) is 6.01. The molecule has 168 valence electrons. The lowest BCUT2D eigenvalue weighted by Crippen LogP contribution is -2.44. The quantitative estimate of drug-likeness (QED) is 0.705. The zero-order chi connectivity index (χ0) is 22.8. The maximum Gasteiger partial charge on any atom is 0.278 e. The van der Waals surface area contributed by atoms with Crippen LogP contribution >= 0.6 is 0 Å². The second-order valence-corrected chi connectivity index (χ2v) is 8.49. The molecule has 2 aromatic rings. The van der Waals surface area contributed by atoms with Gasteiger partial charge in [-0.15, -0.1) is 0 Å². The summed E-state index contributed by atoms with van der Waals surface area (Å²) in [6.07, 6.45) is 0. The van der Waals surface area contributed by atoms with Crippen molar-refractivity contribution in [1.29, 1.82) is 0 Å². The Bertz CT molecular complexity index is 1040. The highest BCUT2D eigenvalue weighted by Crippen LogP contribution is 2.36. The van der Waals surface area contributed by atoms with E-state index in [1.54, 1.807) is 19.2 Å². The first-order chi connectivity index (χ1) is 15.4. The molecule has 1 saturated heterocycles. The van der Waals surface area contributed by atoms with Gasteiger partial charge in [-0.2, -0.15) is 0 Å². The Labute approximate surface area is 189 Å². The van der Waals surface area contributed by atoms with Crippen LogP contribution < -0.4 is 15.0 Å². The number of benzene rings is 2. The summed E-state index contributed by atoms with van der Waals surface area (Å²) in [5.74, 6) is -0.0842. The number of amides is 2. The highest BCUT2D eigenvalue weighted by molar-refractivity contribution is 6.37. The zero-order valence-electron chi connectivity index (χ0n) is 19.1. The summed E-state index contributed by atoms with van der Waals surface area (Å²) in [5.41, 5.74) is 3.13. The molecule has 0 radical (unpaired) electrons. The van der Waals surface area contributed by atoms with E-state index >= 15 is 0 Å². The minimum absolute atomic E-state index is 0.251. The predicted molar refractivity (Wildman–Crippen MR) is 127 cm³/mol. The number of hydrogen-bond acceptors (Lipinski definition) is 6. The molecule has 2 aromatic carbocycles. The number of nitrogens with zero attached hydrogens (tertiary/aromatic N) is 3.